The van der Waals surface area contributed by atoms with Crippen molar-refractivity contribution in [3.05, 3.63) is 124 Å². The van der Waals surface area contributed by atoms with Gasteiger partial charge in [0.15, 0.2) is 17.5 Å². The van der Waals surface area contributed by atoms with Gasteiger partial charge >= 0.3 is 6.11 Å². The van der Waals surface area contributed by atoms with E-state index in [0.717, 1.165) is 43.4 Å². The normalized spacial score (nSPS) is 11.2. The molecule has 0 fully saturated rings. The Bertz CT molecular complexity index is 1570. The lowest BCUT2D eigenvalue weighted by Crippen LogP contribution is -2.25. The Morgan fingerprint density at radius 3 is 1.85 bits per heavy atom. The summed E-state index contributed by atoms with van der Waals surface area (Å²) in [6, 6.07) is 11.7. The summed E-state index contributed by atoms with van der Waals surface area (Å²) in [5, 5.41) is 0. The van der Waals surface area contributed by atoms with Crippen molar-refractivity contribution in [1.82, 2.24) is 0 Å². The van der Waals surface area contributed by atoms with Gasteiger partial charge in [-0.3, -0.25) is 0 Å². The Labute approximate surface area is 231 Å². The molecule has 212 valence electrons. The van der Waals surface area contributed by atoms with Gasteiger partial charge < -0.3 is 4.74 Å². The van der Waals surface area contributed by atoms with E-state index in [9.17, 15) is 35.1 Å². The van der Waals surface area contributed by atoms with Gasteiger partial charge in [-0.2, -0.15) is 8.78 Å². The smallest absolute Gasteiger partial charge is 0.429 e. The fourth-order valence-corrected chi connectivity index (χ4v) is 4.11. The number of unbranched alkanes of at least 4 members (excludes halogenated alkanes) is 2. The van der Waals surface area contributed by atoms with Crippen molar-refractivity contribution in [2.75, 3.05) is 0 Å². The Kier molecular flexibility index (Phi) is 9.01. The molecule has 0 aromatic heterocycles. The lowest BCUT2D eigenvalue weighted by atomic mass is 10.0. The van der Waals surface area contributed by atoms with Gasteiger partial charge in [0.05, 0.1) is 0 Å². The van der Waals surface area contributed by atoms with E-state index < -0.39 is 63.5 Å². The van der Waals surface area contributed by atoms with Crippen LogP contribution in [0.2, 0.25) is 0 Å². The fraction of sp³-hybridized carbons (Fsp3) is 0.188. The quantitative estimate of drug-likeness (QED) is 0.0882. The van der Waals surface area contributed by atoms with E-state index in [0.29, 0.717) is 35.9 Å². The highest BCUT2D eigenvalue weighted by atomic mass is 19.3. The highest BCUT2D eigenvalue weighted by molar-refractivity contribution is 5.65. The first-order chi connectivity index (χ1) is 19.5. The Morgan fingerprint density at radius 1 is 0.659 bits per heavy atom. The van der Waals surface area contributed by atoms with E-state index in [1.165, 1.54) is 0 Å². The molecule has 0 heterocycles. The van der Waals surface area contributed by atoms with Gasteiger partial charge in [-0.25, -0.2) is 26.3 Å². The topological polar surface area (TPSA) is 9.23 Å². The summed E-state index contributed by atoms with van der Waals surface area (Å²) in [4.78, 5) is 0. The predicted molar refractivity (Wildman–Crippen MR) is 138 cm³/mol. The van der Waals surface area contributed by atoms with Crippen LogP contribution in [0.4, 0.5) is 35.1 Å². The van der Waals surface area contributed by atoms with Crippen LogP contribution in [0, 0.1) is 46.7 Å². The molecule has 0 saturated heterocycles. The maximum absolute atomic E-state index is 14.8. The van der Waals surface area contributed by atoms with E-state index >= 15 is 0 Å². The molecule has 0 aliphatic rings. The molecule has 0 N–H and O–H groups in total. The lowest BCUT2D eigenvalue weighted by molar-refractivity contribution is -0.189. The fourth-order valence-electron chi connectivity index (χ4n) is 4.11. The molecule has 41 heavy (non-hydrogen) atoms. The zero-order chi connectivity index (χ0) is 29.7. The van der Waals surface area contributed by atoms with Crippen LogP contribution in [-0.4, -0.2) is 0 Å². The monoisotopic (exact) mass is 574 g/mol. The van der Waals surface area contributed by atoms with Crippen LogP contribution >= 0.6 is 0 Å². The van der Waals surface area contributed by atoms with Crippen molar-refractivity contribution in [1.29, 1.82) is 0 Å². The van der Waals surface area contributed by atoms with Crippen LogP contribution < -0.4 is 4.74 Å². The van der Waals surface area contributed by atoms with Crippen molar-refractivity contribution in [2.45, 2.75) is 38.7 Å². The van der Waals surface area contributed by atoms with Gasteiger partial charge in [0.1, 0.15) is 28.8 Å². The number of benzene rings is 4. The highest BCUT2D eigenvalue weighted by Crippen LogP contribution is 2.37. The van der Waals surface area contributed by atoms with Crippen molar-refractivity contribution in [3.8, 4) is 28.7 Å². The molecular formula is C32H22F8O. The van der Waals surface area contributed by atoms with Gasteiger partial charge in [0.2, 0.25) is 0 Å². The van der Waals surface area contributed by atoms with Crippen LogP contribution in [0.5, 0.6) is 5.75 Å². The number of hydrogen-bond acceptors (Lipinski definition) is 1. The summed E-state index contributed by atoms with van der Waals surface area (Å²) >= 11 is 0. The van der Waals surface area contributed by atoms with Crippen molar-refractivity contribution >= 4 is 0 Å². The summed E-state index contributed by atoms with van der Waals surface area (Å²) in [6.45, 7) is 2.11. The van der Waals surface area contributed by atoms with Gasteiger partial charge in [0, 0.05) is 22.8 Å². The van der Waals surface area contributed by atoms with Gasteiger partial charge in [-0.15, -0.1) is 0 Å². The van der Waals surface area contributed by atoms with E-state index in [4.69, 9.17) is 0 Å². The lowest BCUT2D eigenvalue weighted by Gasteiger charge is -2.20. The first kappa shape index (κ1) is 29.7. The molecule has 0 amide bonds. The Hall–Kier alpha value is -4.32. The Balaban J connectivity index is 1.52. The SMILES string of the molecule is CCCCCc1ccc(C#Cc2cc(F)c(C(F)(F)Oc3ccc(-c4cc(F)c(F)c(F)c4)c(F)c3)c(F)c2)cc1. The average Bonchev–Trinajstić information content (AvgIpc) is 2.90. The van der Waals surface area contributed by atoms with Crippen LogP contribution in [-0.2, 0) is 12.5 Å². The molecule has 0 saturated carbocycles. The average molecular weight is 575 g/mol. The van der Waals surface area contributed by atoms with Crippen LogP contribution in [0.15, 0.2) is 66.7 Å². The molecule has 4 aromatic rings. The number of ether oxygens (including phenoxy) is 1. The molecule has 0 bridgehead atoms. The first-order valence-corrected chi connectivity index (χ1v) is 12.6. The molecule has 0 atom stereocenters. The number of rotatable bonds is 8. The first-order valence-electron chi connectivity index (χ1n) is 12.6. The number of hydrogen-bond donors (Lipinski definition) is 0. The number of aryl methyl sites for hydroxylation is 1. The standard InChI is InChI=1S/C32H22F8O/c1-2-3-4-5-19-6-8-20(9-7-19)10-11-21-14-26(34)30(27(35)15-21)32(39,40)41-23-12-13-24(25(33)18-23)22-16-28(36)31(38)29(37)17-22/h6-9,12-18H,2-5H2,1H3. The molecule has 0 spiro atoms. The van der Waals surface area contributed by atoms with Gasteiger partial charge in [-0.1, -0.05) is 43.7 Å². The predicted octanol–water partition coefficient (Wildman–Crippen LogP) is 9.45. The summed E-state index contributed by atoms with van der Waals surface area (Å²) in [6.07, 6.45) is -0.384. The second kappa shape index (κ2) is 12.5. The minimum absolute atomic E-state index is 0.194. The minimum Gasteiger partial charge on any atom is -0.429 e. The van der Waals surface area contributed by atoms with E-state index in [1.54, 1.807) is 12.1 Å². The minimum atomic E-state index is -4.57. The third-order valence-corrected chi connectivity index (χ3v) is 6.19. The molecule has 9 heteroatoms. The second-order valence-electron chi connectivity index (χ2n) is 9.23. The third kappa shape index (κ3) is 7.07. The maximum atomic E-state index is 14.8. The zero-order valence-corrected chi connectivity index (χ0v) is 21.6. The molecule has 0 aliphatic heterocycles. The van der Waals surface area contributed by atoms with Crippen LogP contribution in [0.3, 0.4) is 0 Å². The van der Waals surface area contributed by atoms with Gasteiger partial charge in [0.25, 0.3) is 0 Å². The molecule has 4 rings (SSSR count). The summed E-state index contributed by atoms with van der Waals surface area (Å²) < 4.78 is 118. The molecule has 1 nitrogen and oxygen atoms in total. The van der Waals surface area contributed by atoms with Crippen molar-refractivity contribution < 1.29 is 39.9 Å². The Morgan fingerprint density at radius 2 is 1.27 bits per heavy atom. The summed E-state index contributed by atoms with van der Waals surface area (Å²) in [5.41, 5.74) is -1.08. The molecule has 0 aliphatic carbocycles. The molecular weight excluding hydrogens is 552 g/mol. The highest BCUT2D eigenvalue weighted by Gasteiger charge is 2.41. The van der Waals surface area contributed by atoms with Crippen molar-refractivity contribution in [2.24, 2.45) is 0 Å². The molecule has 0 unspecified atom stereocenters. The second-order valence-corrected chi connectivity index (χ2v) is 9.23. The number of alkyl halides is 2. The number of halogens is 8. The van der Waals surface area contributed by atoms with E-state index in [1.807, 2.05) is 12.1 Å². The van der Waals surface area contributed by atoms with E-state index in [-0.39, 0.29) is 5.56 Å². The van der Waals surface area contributed by atoms with E-state index in [2.05, 4.69) is 23.5 Å². The zero-order valence-electron chi connectivity index (χ0n) is 21.6. The van der Waals surface area contributed by atoms with Crippen molar-refractivity contribution in [3.63, 3.8) is 0 Å². The summed E-state index contributed by atoms with van der Waals surface area (Å²) in [7, 11) is 0. The van der Waals surface area contributed by atoms with Gasteiger partial charge in [-0.05, 0) is 72.5 Å². The van der Waals surface area contributed by atoms with Crippen LogP contribution in [0.1, 0.15) is 48.4 Å². The third-order valence-electron chi connectivity index (χ3n) is 6.19. The van der Waals surface area contributed by atoms with Crippen LogP contribution in [0.25, 0.3) is 11.1 Å². The maximum Gasteiger partial charge on any atom is 0.432 e. The molecule has 0 radical (unpaired) electrons. The summed E-state index contributed by atoms with van der Waals surface area (Å²) in [5.74, 6) is -5.03. The molecule has 4 aromatic carbocycles. The largest absolute Gasteiger partial charge is 0.432 e.